The maximum absolute atomic E-state index is 12.4. The lowest BCUT2D eigenvalue weighted by molar-refractivity contribution is 0.0940. The first-order valence-corrected chi connectivity index (χ1v) is 9.08. The summed E-state index contributed by atoms with van der Waals surface area (Å²) >= 11 is 3.48. The van der Waals surface area contributed by atoms with Crippen LogP contribution >= 0.6 is 15.9 Å². The molecule has 0 atom stereocenters. The van der Waals surface area contributed by atoms with Gasteiger partial charge < -0.3 is 9.88 Å². The van der Waals surface area contributed by atoms with Gasteiger partial charge in [0.2, 0.25) is 0 Å². The molecule has 116 valence electrons. The normalized spacial score (nSPS) is 25.8. The van der Waals surface area contributed by atoms with Gasteiger partial charge in [0.1, 0.15) is 5.69 Å². The Labute approximate surface area is 135 Å². The van der Waals surface area contributed by atoms with E-state index in [0.717, 1.165) is 35.0 Å². The third-order valence-corrected chi connectivity index (χ3v) is 5.40. The average molecular weight is 353 g/mol. The topological polar surface area (TPSA) is 34.0 Å². The highest BCUT2D eigenvalue weighted by Gasteiger charge is 2.27. The van der Waals surface area contributed by atoms with E-state index in [1.165, 1.54) is 38.5 Å². The van der Waals surface area contributed by atoms with Gasteiger partial charge in [-0.2, -0.15) is 0 Å². The number of nitrogens with one attached hydrogen (secondary N) is 1. The molecule has 1 heterocycles. The van der Waals surface area contributed by atoms with Crippen LogP contribution in [0.25, 0.3) is 0 Å². The van der Waals surface area contributed by atoms with Gasteiger partial charge in [0.05, 0.1) is 0 Å². The van der Waals surface area contributed by atoms with Gasteiger partial charge in [-0.1, -0.05) is 32.6 Å². The Morgan fingerprint density at radius 3 is 2.67 bits per heavy atom. The molecule has 1 aromatic heterocycles. The first-order chi connectivity index (χ1) is 10.1. The number of carbonyl (C=O) groups excluding carboxylic acids is 1. The van der Waals surface area contributed by atoms with Gasteiger partial charge in [-0.25, -0.2) is 0 Å². The third kappa shape index (κ3) is 3.91. The number of amides is 1. The van der Waals surface area contributed by atoms with Crippen LogP contribution in [-0.4, -0.2) is 17.0 Å². The quantitative estimate of drug-likeness (QED) is 0.829. The largest absolute Gasteiger partial charge is 0.351 e. The van der Waals surface area contributed by atoms with Crippen molar-refractivity contribution >= 4 is 21.8 Å². The number of hydrogen-bond acceptors (Lipinski definition) is 1. The molecule has 2 saturated carbocycles. The first-order valence-electron chi connectivity index (χ1n) is 8.29. The van der Waals surface area contributed by atoms with Crippen LogP contribution in [0.3, 0.4) is 0 Å². The zero-order valence-corrected chi connectivity index (χ0v) is 14.4. The molecule has 2 fully saturated rings. The van der Waals surface area contributed by atoms with Crippen molar-refractivity contribution < 1.29 is 4.79 Å². The lowest BCUT2D eigenvalue weighted by Crippen LogP contribution is -2.28. The minimum absolute atomic E-state index is 0.0803. The maximum Gasteiger partial charge on any atom is 0.267 e. The van der Waals surface area contributed by atoms with E-state index in [-0.39, 0.29) is 5.91 Å². The van der Waals surface area contributed by atoms with Gasteiger partial charge in [0.15, 0.2) is 0 Å². The Morgan fingerprint density at radius 1 is 1.29 bits per heavy atom. The van der Waals surface area contributed by atoms with Crippen molar-refractivity contribution in [2.45, 2.75) is 57.9 Å². The molecule has 0 radical (unpaired) electrons. The summed E-state index contributed by atoms with van der Waals surface area (Å²) < 4.78 is 3.13. The summed E-state index contributed by atoms with van der Waals surface area (Å²) in [7, 11) is 0. The SMILES string of the molecule is CC1CCC(CCNC(=O)c2cc(Br)cn2C2CC2)CC1. The van der Waals surface area contributed by atoms with Gasteiger partial charge in [0.25, 0.3) is 5.91 Å². The van der Waals surface area contributed by atoms with Gasteiger partial charge in [-0.05, 0) is 53.1 Å². The molecule has 4 heteroatoms. The summed E-state index contributed by atoms with van der Waals surface area (Å²) in [5.41, 5.74) is 0.807. The lowest BCUT2D eigenvalue weighted by atomic mass is 9.81. The number of halogens is 1. The summed E-state index contributed by atoms with van der Waals surface area (Å²) in [4.78, 5) is 12.4. The van der Waals surface area contributed by atoms with Crippen molar-refractivity contribution in [2.75, 3.05) is 6.54 Å². The van der Waals surface area contributed by atoms with Crippen molar-refractivity contribution in [2.24, 2.45) is 11.8 Å². The van der Waals surface area contributed by atoms with E-state index in [0.29, 0.717) is 6.04 Å². The molecule has 0 saturated heterocycles. The Hall–Kier alpha value is -0.770. The molecule has 21 heavy (non-hydrogen) atoms. The second kappa shape index (κ2) is 6.55. The van der Waals surface area contributed by atoms with Gasteiger partial charge in [-0.3, -0.25) is 4.79 Å². The standard InChI is InChI=1S/C17H25BrN2O/c1-12-2-4-13(5-3-12)8-9-19-17(21)16-10-14(18)11-20(16)15-6-7-15/h10-13,15H,2-9H2,1H3,(H,19,21). The molecule has 3 nitrogen and oxygen atoms in total. The smallest absolute Gasteiger partial charge is 0.267 e. The van der Waals surface area contributed by atoms with Crippen molar-refractivity contribution in [3.05, 3.63) is 22.4 Å². The number of rotatable bonds is 5. The number of hydrogen-bond donors (Lipinski definition) is 1. The van der Waals surface area contributed by atoms with Crippen LogP contribution < -0.4 is 5.32 Å². The minimum atomic E-state index is 0.0803. The van der Waals surface area contributed by atoms with E-state index in [4.69, 9.17) is 0 Å². The Kier molecular flexibility index (Phi) is 4.72. The fourth-order valence-corrected chi connectivity index (χ4v) is 3.82. The van der Waals surface area contributed by atoms with Gasteiger partial charge in [-0.15, -0.1) is 0 Å². The summed E-state index contributed by atoms with van der Waals surface area (Å²) in [5.74, 6) is 1.79. The molecular formula is C17H25BrN2O. The molecule has 2 aliphatic carbocycles. The van der Waals surface area contributed by atoms with E-state index in [1.54, 1.807) is 0 Å². The van der Waals surface area contributed by atoms with Crippen molar-refractivity contribution in [3.8, 4) is 0 Å². The molecule has 0 aliphatic heterocycles. The number of carbonyl (C=O) groups is 1. The highest BCUT2D eigenvalue weighted by molar-refractivity contribution is 9.10. The monoisotopic (exact) mass is 352 g/mol. The first kappa shape index (κ1) is 15.1. The Bertz CT molecular complexity index is 499. The van der Waals surface area contributed by atoms with Crippen LogP contribution in [0.5, 0.6) is 0 Å². The molecule has 0 aromatic carbocycles. The van der Waals surface area contributed by atoms with E-state index in [1.807, 2.05) is 12.3 Å². The Balaban J connectivity index is 1.48. The van der Waals surface area contributed by atoms with Gasteiger partial charge in [0, 0.05) is 23.3 Å². The summed E-state index contributed by atoms with van der Waals surface area (Å²) in [6.07, 6.45) is 10.9. The van der Waals surface area contributed by atoms with Crippen LogP contribution in [0.15, 0.2) is 16.7 Å². The highest BCUT2D eigenvalue weighted by Crippen LogP contribution is 2.37. The minimum Gasteiger partial charge on any atom is -0.351 e. The van der Waals surface area contributed by atoms with E-state index >= 15 is 0 Å². The number of aromatic nitrogens is 1. The maximum atomic E-state index is 12.4. The van der Waals surface area contributed by atoms with Crippen LogP contribution in [0.1, 0.15) is 68.4 Å². The van der Waals surface area contributed by atoms with Crippen LogP contribution in [0, 0.1) is 11.8 Å². The highest BCUT2D eigenvalue weighted by atomic mass is 79.9. The average Bonchev–Trinajstić information content (AvgIpc) is 3.23. The Morgan fingerprint density at radius 2 is 2.00 bits per heavy atom. The fraction of sp³-hybridized carbons (Fsp3) is 0.706. The second-order valence-electron chi connectivity index (χ2n) is 6.85. The zero-order valence-electron chi connectivity index (χ0n) is 12.8. The molecule has 3 rings (SSSR count). The fourth-order valence-electron chi connectivity index (χ4n) is 3.38. The molecule has 1 N–H and O–H groups in total. The molecular weight excluding hydrogens is 328 g/mol. The van der Waals surface area contributed by atoms with Crippen LogP contribution in [0.4, 0.5) is 0 Å². The summed E-state index contributed by atoms with van der Waals surface area (Å²) in [5, 5.41) is 3.11. The van der Waals surface area contributed by atoms with E-state index in [9.17, 15) is 4.79 Å². The van der Waals surface area contributed by atoms with Crippen molar-refractivity contribution in [1.29, 1.82) is 0 Å². The van der Waals surface area contributed by atoms with E-state index < -0.39 is 0 Å². The molecule has 2 aliphatic rings. The lowest BCUT2D eigenvalue weighted by Gasteiger charge is -2.26. The van der Waals surface area contributed by atoms with E-state index in [2.05, 4.69) is 32.7 Å². The predicted octanol–water partition coefficient (Wildman–Crippen LogP) is 4.53. The van der Waals surface area contributed by atoms with Gasteiger partial charge >= 0.3 is 0 Å². The molecule has 0 bridgehead atoms. The zero-order chi connectivity index (χ0) is 14.8. The molecule has 0 spiro atoms. The number of nitrogens with zero attached hydrogens (tertiary/aromatic N) is 1. The van der Waals surface area contributed by atoms with Crippen molar-refractivity contribution in [3.63, 3.8) is 0 Å². The van der Waals surface area contributed by atoms with Crippen LogP contribution in [-0.2, 0) is 0 Å². The van der Waals surface area contributed by atoms with Crippen LogP contribution in [0.2, 0.25) is 0 Å². The third-order valence-electron chi connectivity index (χ3n) is 4.96. The second-order valence-corrected chi connectivity index (χ2v) is 7.77. The summed E-state index contributed by atoms with van der Waals surface area (Å²) in [6.45, 7) is 3.16. The molecule has 1 amide bonds. The molecule has 0 unspecified atom stereocenters. The van der Waals surface area contributed by atoms with Crippen molar-refractivity contribution in [1.82, 2.24) is 9.88 Å². The summed E-state index contributed by atoms with van der Waals surface area (Å²) in [6, 6.07) is 2.48. The molecule has 1 aromatic rings. The predicted molar refractivity (Wildman–Crippen MR) is 88.5 cm³/mol.